The number of likely N-dealkylation sites (tertiary alicyclic amines) is 1. The maximum absolute atomic E-state index is 10.6. The summed E-state index contributed by atoms with van der Waals surface area (Å²) in [5.74, 6) is -0.177. The predicted octanol–water partition coefficient (Wildman–Crippen LogP) is 2.77. The van der Waals surface area contributed by atoms with Gasteiger partial charge in [-0.1, -0.05) is 0 Å². The second kappa shape index (κ2) is 11.4. The number of pyridine rings is 1. The number of nitrogens with one attached hydrogen (secondary N) is 2. The Balaban J connectivity index is 0.000000235. The van der Waals surface area contributed by atoms with Gasteiger partial charge in [0, 0.05) is 49.1 Å². The second-order valence-electron chi connectivity index (χ2n) is 7.92. The summed E-state index contributed by atoms with van der Waals surface area (Å²) >= 11 is 0. The van der Waals surface area contributed by atoms with Crippen LogP contribution in [-0.4, -0.2) is 76.5 Å². The van der Waals surface area contributed by atoms with Crippen LogP contribution in [0.2, 0.25) is 0 Å². The molecule has 4 rings (SSSR count). The van der Waals surface area contributed by atoms with Gasteiger partial charge in [0.25, 0.3) is 0 Å². The summed E-state index contributed by atoms with van der Waals surface area (Å²) in [5, 5.41) is 19.3. The SMILES string of the molecule is CC(C)Oc1ccc(-c2n[nH]c3ccc(NC=O)cc23)cn1.CO[C@H]1CCN(CC(=O)O)C1. The van der Waals surface area contributed by atoms with Crippen molar-refractivity contribution in [2.24, 2.45) is 0 Å². The fourth-order valence-corrected chi connectivity index (χ4v) is 3.55. The number of aromatic nitrogens is 3. The lowest BCUT2D eigenvalue weighted by Gasteiger charge is -2.11. The minimum Gasteiger partial charge on any atom is -0.480 e. The highest BCUT2D eigenvalue weighted by Gasteiger charge is 2.23. The highest BCUT2D eigenvalue weighted by atomic mass is 16.5. The summed E-state index contributed by atoms with van der Waals surface area (Å²) in [6.45, 7) is 5.64. The van der Waals surface area contributed by atoms with Gasteiger partial charge in [-0.3, -0.25) is 19.6 Å². The number of aliphatic carboxylic acids is 1. The molecule has 0 saturated carbocycles. The Labute approximate surface area is 191 Å². The van der Waals surface area contributed by atoms with Crippen LogP contribution in [0.1, 0.15) is 20.3 Å². The van der Waals surface area contributed by atoms with Crippen molar-refractivity contribution in [1.29, 1.82) is 0 Å². The maximum Gasteiger partial charge on any atom is 0.317 e. The molecule has 1 fully saturated rings. The molecule has 1 aliphatic heterocycles. The smallest absolute Gasteiger partial charge is 0.317 e. The number of hydrogen-bond acceptors (Lipinski definition) is 7. The number of carboxylic acid groups (broad SMARTS) is 1. The predicted molar refractivity (Wildman–Crippen MR) is 124 cm³/mol. The number of anilines is 1. The number of ether oxygens (including phenoxy) is 2. The number of fused-ring (bicyclic) bond motifs is 1. The van der Waals surface area contributed by atoms with E-state index in [1.54, 1.807) is 13.3 Å². The number of H-pyrrole nitrogens is 1. The Morgan fingerprint density at radius 1 is 1.36 bits per heavy atom. The first-order valence-corrected chi connectivity index (χ1v) is 10.7. The number of carbonyl (C=O) groups is 2. The third-order valence-corrected chi connectivity index (χ3v) is 5.08. The van der Waals surface area contributed by atoms with Crippen LogP contribution in [0.4, 0.5) is 5.69 Å². The highest BCUT2D eigenvalue weighted by Crippen LogP contribution is 2.28. The Morgan fingerprint density at radius 2 is 2.18 bits per heavy atom. The average molecular weight is 456 g/mol. The van der Waals surface area contributed by atoms with Crippen molar-refractivity contribution in [3.8, 4) is 17.1 Å². The molecule has 176 valence electrons. The third-order valence-electron chi connectivity index (χ3n) is 5.08. The normalized spacial score (nSPS) is 15.8. The van der Waals surface area contributed by atoms with Crippen LogP contribution in [0, 0.1) is 0 Å². The van der Waals surface area contributed by atoms with Crippen LogP contribution >= 0.6 is 0 Å². The lowest BCUT2D eigenvalue weighted by Crippen LogP contribution is -2.28. The van der Waals surface area contributed by atoms with Gasteiger partial charge in [-0.2, -0.15) is 5.10 Å². The van der Waals surface area contributed by atoms with Gasteiger partial charge >= 0.3 is 5.97 Å². The van der Waals surface area contributed by atoms with Crippen LogP contribution in [0.3, 0.4) is 0 Å². The molecule has 1 amide bonds. The van der Waals surface area contributed by atoms with E-state index in [1.807, 2.05) is 49.1 Å². The number of nitrogens with zero attached hydrogens (tertiary/aromatic N) is 3. The molecule has 1 aliphatic rings. The summed E-state index contributed by atoms with van der Waals surface area (Å²) in [7, 11) is 1.66. The van der Waals surface area contributed by atoms with E-state index >= 15 is 0 Å². The van der Waals surface area contributed by atoms with Gasteiger partial charge in [-0.25, -0.2) is 4.98 Å². The molecule has 1 saturated heterocycles. The molecule has 1 atom stereocenters. The van der Waals surface area contributed by atoms with Crippen LogP contribution in [0.15, 0.2) is 36.5 Å². The summed E-state index contributed by atoms with van der Waals surface area (Å²) in [4.78, 5) is 27.0. The van der Waals surface area contributed by atoms with Gasteiger partial charge in [0.2, 0.25) is 12.3 Å². The first-order valence-electron chi connectivity index (χ1n) is 10.7. The zero-order valence-electron chi connectivity index (χ0n) is 18.9. The van der Waals surface area contributed by atoms with Crippen molar-refractivity contribution in [3.05, 3.63) is 36.5 Å². The van der Waals surface area contributed by atoms with E-state index in [4.69, 9.17) is 14.6 Å². The minimum absolute atomic E-state index is 0.0848. The zero-order valence-corrected chi connectivity index (χ0v) is 18.9. The number of amides is 1. The third kappa shape index (κ3) is 6.74. The molecular formula is C23H29N5O5. The Hall–Kier alpha value is -3.50. The Bertz CT molecular complexity index is 1070. The van der Waals surface area contributed by atoms with Crippen molar-refractivity contribution in [3.63, 3.8) is 0 Å². The van der Waals surface area contributed by atoms with Gasteiger partial charge < -0.3 is 19.9 Å². The molecule has 1 aromatic carbocycles. The van der Waals surface area contributed by atoms with E-state index in [9.17, 15) is 9.59 Å². The molecule has 0 radical (unpaired) electrons. The summed E-state index contributed by atoms with van der Waals surface area (Å²) in [6, 6.07) is 9.31. The number of rotatable bonds is 8. The van der Waals surface area contributed by atoms with Crippen molar-refractivity contribution < 1.29 is 24.2 Å². The number of methoxy groups -OCH3 is 1. The highest BCUT2D eigenvalue weighted by molar-refractivity contribution is 5.95. The molecule has 33 heavy (non-hydrogen) atoms. The molecule has 0 bridgehead atoms. The first-order chi connectivity index (χ1) is 15.9. The fraction of sp³-hybridized carbons (Fsp3) is 0.391. The van der Waals surface area contributed by atoms with E-state index in [2.05, 4.69) is 20.5 Å². The van der Waals surface area contributed by atoms with Crippen molar-refractivity contribution >= 4 is 29.0 Å². The lowest BCUT2D eigenvalue weighted by molar-refractivity contribution is -0.138. The van der Waals surface area contributed by atoms with Gasteiger partial charge in [-0.15, -0.1) is 0 Å². The van der Waals surface area contributed by atoms with Crippen molar-refractivity contribution in [1.82, 2.24) is 20.1 Å². The first kappa shape index (κ1) is 24.1. The fourth-order valence-electron chi connectivity index (χ4n) is 3.55. The maximum atomic E-state index is 10.6. The number of carboxylic acids is 1. The summed E-state index contributed by atoms with van der Waals surface area (Å²) < 4.78 is 10.6. The van der Waals surface area contributed by atoms with Crippen molar-refractivity contribution in [2.75, 3.05) is 32.1 Å². The van der Waals surface area contributed by atoms with E-state index in [0.29, 0.717) is 12.3 Å². The molecule has 10 heteroatoms. The molecule has 10 nitrogen and oxygen atoms in total. The second-order valence-corrected chi connectivity index (χ2v) is 7.92. The van der Waals surface area contributed by atoms with Crippen LogP contribution in [-0.2, 0) is 14.3 Å². The average Bonchev–Trinajstić information content (AvgIpc) is 3.41. The zero-order chi connectivity index (χ0) is 23.8. The van der Waals surface area contributed by atoms with E-state index in [0.717, 1.165) is 47.4 Å². The van der Waals surface area contributed by atoms with Crippen LogP contribution in [0.5, 0.6) is 5.88 Å². The van der Waals surface area contributed by atoms with Gasteiger partial charge in [0.05, 0.1) is 24.3 Å². The van der Waals surface area contributed by atoms with Gasteiger partial charge in [0.15, 0.2) is 0 Å². The topological polar surface area (TPSA) is 130 Å². The van der Waals surface area contributed by atoms with E-state index < -0.39 is 5.97 Å². The lowest BCUT2D eigenvalue weighted by atomic mass is 10.1. The van der Waals surface area contributed by atoms with Gasteiger partial charge in [0.1, 0.15) is 5.69 Å². The van der Waals surface area contributed by atoms with E-state index in [1.165, 1.54) is 0 Å². The molecule has 0 spiro atoms. The van der Waals surface area contributed by atoms with E-state index in [-0.39, 0.29) is 18.8 Å². The quantitative estimate of drug-likeness (QED) is 0.442. The monoisotopic (exact) mass is 455 g/mol. The minimum atomic E-state index is -0.762. The molecular weight excluding hydrogens is 426 g/mol. The van der Waals surface area contributed by atoms with Crippen molar-refractivity contribution in [2.45, 2.75) is 32.5 Å². The van der Waals surface area contributed by atoms with Crippen LogP contribution < -0.4 is 10.1 Å². The number of aromatic amines is 1. The number of hydrogen-bond donors (Lipinski definition) is 3. The molecule has 0 aliphatic carbocycles. The van der Waals surface area contributed by atoms with Crippen LogP contribution in [0.25, 0.3) is 22.2 Å². The number of carbonyl (C=O) groups excluding carboxylic acids is 1. The molecule has 3 N–H and O–H groups in total. The Kier molecular flexibility index (Phi) is 8.34. The summed E-state index contributed by atoms with van der Waals surface area (Å²) in [5.41, 5.74) is 3.28. The molecule has 2 aromatic heterocycles. The summed E-state index contributed by atoms with van der Waals surface area (Å²) in [6.07, 6.45) is 3.65. The number of benzene rings is 1. The molecule has 3 aromatic rings. The molecule has 3 heterocycles. The Morgan fingerprint density at radius 3 is 2.79 bits per heavy atom. The molecule has 0 unspecified atom stereocenters. The largest absolute Gasteiger partial charge is 0.480 e. The standard InChI is InChI=1S/C16H16N4O2.C7H13NO3/c1-10(2)22-15-6-3-11(8-17-15)16-13-7-12(18-9-21)4-5-14(13)19-20-16;1-11-6-2-3-8(4-6)5-7(9)10/h3-10H,1-2H3,(H,18,21)(H,19,20);6H,2-5H2,1H3,(H,9,10)/t;6-/m.0/s1. The van der Waals surface area contributed by atoms with Gasteiger partial charge in [-0.05, 0) is 44.5 Å².